The van der Waals surface area contributed by atoms with E-state index >= 15 is 0 Å². The van der Waals surface area contributed by atoms with Crippen LogP contribution in [0, 0.1) is 0 Å². The molecule has 0 fully saturated rings. The van der Waals surface area contributed by atoms with Gasteiger partial charge in [-0.3, -0.25) is 4.79 Å². The summed E-state index contributed by atoms with van der Waals surface area (Å²) in [5.41, 5.74) is 0.722. The molecule has 0 saturated heterocycles. The van der Waals surface area contributed by atoms with Crippen LogP contribution < -0.4 is 5.32 Å². The molecule has 0 bridgehead atoms. The number of benzene rings is 1. The molecule has 0 radical (unpaired) electrons. The number of hydrogen-bond donors (Lipinski definition) is 2. The van der Waals surface area contributed by atoms with Gasteiger partial charge in [0, 0.05) is 23.2 Å². The second-order valence-corrected chi connectivity index (χ2v) is 4.75. The number of ether oxygens (including phenoxy) is 1. The van der Waals surface area contributed by atoms with Crippen molar-refractivity contribution < 1.29 is 14.6 Å². The van der Waals surface area contributed by atoms with E-state index in [1.807, 2.05) is 0 Å². The molecule has 1 amide bonds. The Morgan fingerprint density at radius 1 is 1.42 bits per heavy atom. The van der Waals surface area contributed by atoms with Gasteiger partial charge < -0.3 is 15.2 Å². The largest absolute Gasteiger partial charge is 0.394 e. The fraction of sp³-hybridized carbons (Fsp3) is 0.308. The van der Waals surface area contributed by atoms with Crippen LogP contribution in [-0.2, 0) is 9.53 Å². The highest BCUT2D eigenvalue weighted by Gasteiger charge is 2.08. The molecule has 1 aromatic carbocycles. The Balaban J connectivity index is 2.62. The van der Waals surface area contributed by atoms with Crippen molar-refractivity contribution in [2.24, 2.45) is 0 Å². The molecule has 1 rings (SSSR count). The SMILES string of the molecule is COCC(CO)NC(=O)/C=C/c1cc(Cl)cc(Cl)c1. The number of aliphatic hydroxyl groups is 1. The molecule has 1 unspecified atom stereocenters. The van der Waals surface area contributed by atoms with Gasteiger partial charge in [0.25, 0.3) is 0 Å². The summed E-state index contributed by atoms with van der Waals surface area (Å²) in [5.74, 6) is -0.327. The van der Waals surface area contributed by atoms with Crippen molar-refractivity contribution in [2.75, 3.05) is 20.3 Å². The third-order valence-electron chi connectivity index (χ3n) is 2.25. The summed E-state index contributed by atoms with van der Waals surface area (Å²) in [6.07, 6.45) is 2.94. The third kappa shape index (κ3) is 6.07. The van der Waals surface area contributed by atoms with Crippen molar-refractivity contribution >= 4 is 35.2 Å². The number of carbonyl (C=O) groups is 1. The average Bonchev–Trinajstić information content (AvgIpc) is 2.34. The van der Waals surface area contributed by atoms with Crippen molar-refractivity contribution in [3.63, 3.8) is 0 Å². The van der Waals surface area contributed by atoms with Crippen LogP contribution in [0.15, 0.2) is 24.3 Å². The van der Waals surface area contributed by atoms with Crippen LogP contribution >= 0.6 is 23.2 Å². The summed E-state index contributed by atoms with van der Waals surface area (Å²) in [7, 11) is 1.50. The van der Waals surface area contributed by atoms with Crippen LogP contribution in [0.5, 0.6) is 0 Å². The lowest BCUT2D eigenvalue weighted by Crippen LogP contribution is -2.39. The standard InChI is InChI=1S/C13H15Cl2NO3/c1-19-8-12(7-17)16-13(18)3-2-9-4-10(14)6-11(15)5-9/h2-6,12,17H,7-8H2,1H3,(H,16,18)/b3-2+. The van der Waals surface area contributed by atoms with Crippen LogP contribution in [-0.4, -0.2) is 37.4 Å². The van der Waals surface area contributed by atoms with Gasteiger partial charge in [-0.05, 0) is 29.8 Å². The average molecular weight is 304 g/mol. The molecule has 1 aromatic rings. The van der Waals surface area contributed by atoms with Crippen LogP contribution in [0.1, 0.15) is 5.56 Å². The lowest BCUT2D eigenvalue weighted by molar-refractivity contribution is -0.117. The van der Waals surface area contributed by atoms with E-state index in [0.717, 1.165) is 5.56 Å². The first-order chi connectivity index (χ1) is 9.05. The van der Waals surface area contributed by atoms with E-state index in [-0.39, 0.29) is 19.1 Å². The smallest absolute Gasteiger partial charge is 0.244 e. The summed E-state index contributed by atoms with van der Waals surface area (Å²) >= 11 is 11.7. The molecular formula is C13H15Cl2NO3. The summed E-state index contributed by atoms with van der Waals surface area (Å²) < 4.78 is 4.86. The quantitative estimate of drug-likeness (QED) is 0.792. The minimum absolute atomic E-state index is 0.184. The second-order valence-electron chi connectivity index (χ2n) is 3.88. The van der Waals surface area contributed by atoms with Gasteiger partial charge in [-0.15, -0.1) is 0 Å². The highest BCUT2D eigenvalue weighted by atomic mass is 35.5. The van der Waals surface area contributed by atoms with Crippen molar-refractivity contribution in [3.8, 4) is 0 Å². The fourth-order valence-corrected chi connectivity index (χ4v) is 1.98. The Hall–Kier alpha value is -1.07. The number of nitrogens with one attached hydrogen (secondary N) is 1. The van der Waals surface area contributed by atoms with Crippen LogP contribution in [0.3, 0.4) is 0 Å². The van der Waals surface area contributed by atoms with Gasteiger partial charge in [-0.1, -0.05) is 23.2 Å². The van der Waals surface area contributed by atoms with Gasteiger partial charge in [-0.25, -0.2) is 0 Å². The van der Waals surface area contributed by atoms with Crippen LogP contribution in [0.2, 0.25) is 10.0 Å². The minimum atomic E-state index is -0.426. The summed E-state index contributed by atoms with van der Waals surface area (Å²) in [5, 5.41) is 12.6. The van der Waals surface area contributed by atoms with E-state index in [0.29, 0.717) is 10.0 Å². The number of methoxy groups -OCH3 is 1. The highest BCUT2D eigenvalue weighted by Crippen LogP contribution is 2.19. The maximum absolute atomic E-state index is 11.6. The summed E-state index contributed by atoms with van der Waals surface area (Å²) in [4.78, 5) is 11.6. The minimum Gasteiger partial charge on any atom is -0.394 e. The van der Waals surface area contributed by atoms with Gasteiger partial charge in [0.05, 0.1) is 19.3 Å². The molecule has 0 spiro atoms. The Labute approximate surface area is 122 Å². The molecule has 0 aromatic heterocycles. The number of amides is 1. The van der Waals surface area contributed by atoms with Crippen molar-refractivity contribution in [3.05, 3.63) is 39.9 Å². The van der Waals surface area contributed by atoms with E-state index in [2.05, 4.69) is 5.32 Å². The zero-order valence-electron chi connectivity index (χ0n) is 10.4. The summed E-state index contributed by atoms with van der Waals surface area (Å²) in [6, 6.07) is 4.57. The zero-order valence-corrected chi connectivity index (χ0v) is 11.9. The Kier molecular flexibility index (Phi) is 6.87. The van der Waals surface area contributed by atoms with Gasteiger partial charge >= 0.3 is 0 Å². The molecule has 104 valence electrons. The third-order valence-corrected chi connectivity index (χ3v) is 2.68. The Bertz CT molecular complexity index is 443. The predicted molar refractivity (Wildman–Crippen MR) is 76.4 cm³/mol. The predicted octanol–water partition coefficient (Wildman–Crippen LogP) is 2.13. The maximum Gasteiger partial charge on any atom is 0.244 e. The number of halogens is 2. The molecule has 0 saturated carbocycles. The number of carbonyl (C=O) groups excluding carboxylic acids is 1. The lowest BCUT2D eigenvalue weighted by atomic mass is 10.2. The molecule has 19 heavy (non-hydrogen) atoms. The van der Waals surface area contributed by atoms with Gasteiger partial charge in [0.15, 0.2) is 0 Å². The van der Waals surface area contributed by atoms with Crippen molar-refractivity contribution in [2.45, 2.75) is 6.04 Å². The fourth-order valence-electron chi connectivity index (χ4n) is 1.43. The first-order valence-electron chi connectivity index (χ1n) is 5.59. The van der Waals surface area contributed by atoms with E-state index in [1.54, 1.807) is 24.3 Å². The molecule has 4 nitrogen and oxygen atoms in total. The first kappa shape index (κ1) is 16.0. The molecule has 0 aliphatic heterocycles. The Morgan fingerprint density at radius 3 is 2.58 bits per heavy atom. The Morgan fingerprint density at radius 2 is 2.05 bits per heavy atom. The lowest BCUT2D eigenvalue weighted by Gasteiger charge is -2.13. The maximum atomic E-state index is 11.6. The van der Waals surface area contributed by atoms with Crippen LogP contribution in [0.4, 0.5) is 0 Å². The number of aliphatic hydroxyl groups excluding tert-OH is 1. The van der Waals surface area contributed by atoms with E-state index in [9.17, 15) is 4.79 Å². The number of hydrogen-bond acceptors (Lipinski definition) is 3. The van der Waals surface area contributed by atoms with E-state index < -0.39 is 6.04 Å². The normalized spacial score (nSPS) is 12.6. The first-order valence-corrected chi connectivity index (χ1v) is 6.35. The van der Waals surface area contributed by atoms with Gasteiger partial charge in [0.2, 0.25) is 5.91 Å². The molecule has 6 heteroatoms. The van der Waals surface area contributed by atoms with Crippen molar-refractivity contribution in [1.29, 1.82) is 0 Å². The summed E-state index contributed by atoms with van der Waals surface area (Å²) in [6.45, 7) is 0.0650. The molecular weight excluding hydrogens is 289 g/mol. The van der Waals surface area contributed by atoms with E-state index in [4.69, 9.17) is 33.0 Å². The molecule has 0 aliphatic carbocycles. The van der Waals surface area contributed by atoms with E-state index in [1.165, 1.54) is 13.2 Å². The van der Waals surface area contributed by atoms with Crippen LogP contribution in [0.25, 0.3) is 6.08 Å². The van der Waals surface area contributed by atoms with Gasteiger partial charge in [0.1, 0.15) is 0 Å². The van der Waals surface area contributed by atoms with Gasteiger partial charge in [-0.2, -0.15) is 0 Å². The molecule has 1 atom stereocenters. The number of rotatable bonds is 6. The second kappa shape index (κ2) is 8.17. The monoisotopic (exact) mass is 303 g/mol. The molecule has 2 N–H and O–H groups in total. The highest BCUT2D eigenvalue weighted by molar-refractivity contribution is 6.34. The zero-order chi connectivity index (χ0) is 14.3. The van der Waals surface area contributed by atoms with Crippen molar-refractivity contribution in [1.82, 2.24) is 5.32 Å². The molecule has 0 aliphatic rings. The topological polar surface area (TPSA) is 58.6 Å². The molecule has 0 heterocycles.